The lowest BCUT2D eigenvalue weighted by atomic mass is 9.79. The van der Waals surface area contributed by atoms with Crippen LogP contribution in [0.5, 0.6) is 0 Å². The van der Waals surface area contributed by atoms with E-state index in [1.54, 1.807) is 20.8 Å². The molecule has 5 heteroatoms. The van der Waals surface area contributed by atoms with Gasteiger partial charge in [-0.25, -0.2) is 9.59 Å². The molecule has 0 aromatic heterocycles. The van der Waals surface area contributed by atoms with Gasteiger partial charge in [-0.15, -0.1) is 0 Å². The Hall–Kier alpha value is -1.26. The lowest BCUT2D eigenvalue weighted by Gasteiger charge is -2.28. The van der Waals surface area contributed by atoms with E-state index in [2.05, 4.69) is 20.8 Å². The molecule has 0 aromatic carbocycles. The Balaban J connectivity index is 2.86. The third-order valence-electron chi connectivity index (χ3n) is 3.44. The van der Waals surface area contributed by atoms with Gasteiger partial charge in [-0.3, -0.25) is 4.90 Å². The van der Waals surface area contributed by atoms with E-state index in [-0.39, 0.29) is 11.3 Å². The Morgan fingerprint density at radius 1 is 1.16 bits per heavy atom. The van der Waals surface area contributed by atoms with Crippen molar-refractivity contribution in [1.82, 2.24) is 4.90 Å². The average molecular weight is 271 g/mol. The topological polar surface area (TPSA) is 66.8 Å². The zero-order valence-electron chi connectivity index (χ0n) is 12.7. The highest BCUT2D eigenvalue weighted by atomic mass is 16.6. The average Bonchev–Trinajstić information content (AvgIpc) is 2.57. The van der Waals surface area contributed by atoms with Crippen molar-refractivity contribution < 1.29 is 19.4 Å². The predicted octanol–water partition coefficient (Wildman–Crippen LogP) is 2.74. The maximum Gasteiger partial charge on any atom is 0.411 e. The summed E-state index contributed by atoms with van der Waals surface area (Å²) >= 11 is 0. The molecule has 1 saturated heterocycles. The molecule has 0 bridgehead atoms. The molecule has 1 N–H and O–H groups in total. The van der Waals surface area contributed by atoms with E-state index in [4.69, 9.17) is 4.74 Å². The Morgan fingerprint density at radius 3 is 2.05 bits per heavy atom. The molecule has 2 unspecified atom stereocenters. The van der Waals surface area contributed by atoms with Crippen LogP contribution in [0.4, 0.5) is 4.79 Å². The minimum Gasteiger partial charge on any atom is -0.480 e. The number of ether oxygens (including phenoxy) is 1. The van der Waals surface area contributed by atoms with Gasteiger partial charge >= 0.3 is 12.1 Å². The number of carbonyl (C=O) groups excluding carboxylic acids is 1. The normalized spacial score (nSPS) is 24.4. The van der Waals surface area contributed by atoms with Crippen LogP contribution >= 0.6 is 0 Å². The van der Waals surface area contributed by atoms with Gasteiger partial charge in [0.05, 0.1) is 0 Å². The van der Waals surface area contributed by atoms with Crippen LogP contribution in [-0.2, 0) is 9.53 Å². The number of carbonyl (C=O) groups is 2. The van der Waals surface area contributed by atoms with Gasteiger partial charge in [-0.05, 0) is 38.5 Å². The van der Waals surface area contributed by atoms with Gasteiger partial charge in [0.15, 0.2) is 0 Å². The maximum atomic E-state index is 12.1. The summed E-state index contributed by atoms with van der Waals surface area (Å²) in [5.41, 5.74) is -0.635. The summed E-state index contributed by atoms with van der Waals surface area (Å²) in [5, 5.41) is 9.26. The Morgan fingerprint density at radius 2 is 1.68 bits per heavy atom. The fourth-order valence-electron chi connectivity index (χ4n) is 2.22. The Labute approximate surface area is 114 Å². The van der Waals surface area contributed by atoms with Crippen LogP contribution in [0.15, 0.2) is 0 Å². The van der Waals surface area contributed by atoms with E-state index < -0.39 is 23.7 Å². The number of amides is 1. The monoisotopic (exact) mass is 271 g/mol. The van der Waals surface area contributed by atoms with Gasteiger partial charge in [-0.1, -0.05) is 20.8 Å². The highest BCUT2D eigenvalue weighted by Gasteiger charge is 2.45. The summed E-state index contributed by atoms with van der Waals surface area (Å²) in [5.74, 6) is -0.793. The van der Waals surface area contributed by atoms with Crippen molar-refractivity contribution in [2.24, 2.45) is 11.3 Å². The van der Waals surface area contributed by atoms with Gasteiger partial charge in [-0.2, -0.15) is 0 Å². The van der Waals surface area contributed by atoms with Crippen LogP contribution < -0.4 is 0 Å². The zero-order valence-corrected chi connectivity index (χ0v) is 12.7. The second-order valence-electron chi connectivity index (χ2n) is 7.29. The van der Waals surface area contributed by atoms with E-state index in [1.165, 1.54) is 4.90 Å². The molecule has 1 aliphatic heterocycles. The molecule has 1 heterocycles. The first-order chi connectivity index (χ1) is 8.42. The molecule has 5 nitrogen and oxygen atoms in total. The Kier molecular flexibility index (Phi) is 4.17. The van der Waals surface area contributed by atoms with Crippen LogP contribution in [0.25, 0.3) is 0 Å². The molecule has 1 fully saturated rings. The molecule has 0 aromatic rings. The number of rotatable bonds is 1. The molecule has 0 saturated carbocycles. The van der Waals surface area contributed by atoms with Gasteiger partial charge in [0, 0.05) is 6.54 Å². The van der Waals surface area contributed by atoms with Gasteiger partial charge in [0.1, 0.15) is 11.6 Å². The Bertz CT molecular complexity index is 365. The van der Waals surface area contributed by atoms with Crippen molar-refractivity contribution in [2.45, 2.75) is 59.6 Å². The first-order valence-electron chi connectivity index (χ1n) is 6.64. The summed E-state index contributed by atoms with van der Waals surface area (Å²) in [6.45, 7) is 12.0. The highest BCUT2D eigenvalue weighted by molar-refractivity contribution is 5.81. The van der Waals surface area contributed by atoms with Crippen molar-refractivity contribution in [3.63, 3.8) is 0 Å². The van der Waals surface area contributed by atoms with Crippen molar-refractivity contribution in [3.05, 3.63) is 0 Å². The predicted molar refractivity (Wildman–Crippen MR) is 71.9 cm³/mol. The number of hydrogen-bond acceptors (Lipinski definition) is 3. The summed E-state index contributed by atoms with van der Waals surface area (Å²) in [6, 6.07) is -0.779. The standard InChI is InChI=1S/C14H25NO4/c1-13(2,3)9-7-10(11(16)17)15(8-9)12(18)19-14(4,5)6/h9-10H,7-8H2,1-6H3,(H,16,17). The molecule has 0 radical (unpaired) electrons. The summed E-state index contributed by atoms with van der Waals surface area (Å²) in [6.07, 6.45) is -0.0513. The number of aliphatic carboxylic acids is 1. The molecule has 0 aliphatic carbocycles. The first kappa shape index (κ1) is 15.8. The van der Waals surface area contributed by atoms with Gasteiger partial charge in [0.2, 0.25) is 0 Å². The van der Waals surface area contributed by atoms with Crippen LogP contribution in [0.3, 0.4) is 0 Å². The molecule has 110 valence electrons. The van der Waals surface area contributed by atoms with Crippen LogP contribution in [-0.4, -0.2) is 40.3 Å². The third kappa shape index (κ3) is 4.11. The molecule has 1 aliphatic rings. The third-order valence-corrected chi connectivity index (χ3v) is 3.44. The number of likely N-dealkylation sites (tertiary alicyclic amines) is 1. The van der Waals surface area contributed by atoms with E-state index in [1.807, 2.05) is 0 Å². The quantitative estimate of drug-likeness (QED) is 0.796. The summed E-state index contributed by atoms with van der Waals surface area (Å²) in [4.78, 5) is 24.7. The smallest absolute Gasteiger partial charge is 0.411 e. The largest absolute Gasteiger partial charge is 0.480 e. The van der Waals surface area contributed by atoms with Crippen molar-refractivity contribution >= 4 is 12.1 Å². The minimum atomic E-state index is -0.961. The number of nitrogens with zero attached hydrogens (tertiary/aromatic N) is 1. The zero-order chi connectivity index (χ0) is 15.0. The van der Waals surface area contributed by atoms with E-state index in [0.29, 0.717) is 13.0 Å². The van der Waals surface area contributed by atoms with Crippen LogP contribution in [0, 0.1) is 11.3 Å². The molecule has 1 rings (SSSR count). The van der Waals surface area contributed by atoms with Crippen molar-refractivity contribution in [2.75, 3.05) is 6.54 Å². The lowest BCUT2D eigenvalue weighted by molar-refractivity contribution is -0.142. The van der Waals surface area contributed by atoms with E-state index in [9.17, 15) is 14.7 Å². The van der Waals surface area contributed by atoms with E-state index in [0.717, 1.165) is 0 Å². The van der Waals surface area contributed by atoms with Gasteiger partial charge < -0.3 is 9.84 Å². The molecular weight excluding hydrogens is 246 g/mol. The van der Waals surface area contributed by atoms with Gasteiger partial charge in [0.25, 0.3) is 0 Å². The molecular formula is C14H25NO4. The van der Waals surface area contributed by atoms with Crippen LogP contribution in [0.1, 0.15) is 48.0 Å². The van der Waals surface area contributed by atoms with E-state index >= 15 is 0 Å². The van der Waals surface area contributed by atoms with Crippen LogP contribution in [0.2, 0.25) is 0 Å². The fraction of sp³-hybridized carbons (Fsp3) is 0.857. The number of carboxylic acid groups (broad SMARTS) is 1. The molecule has 19 heavy (non-hydrogen) atoms. The maximum absolute atomic E-state index is 12.1. The number of carboxylic acids is 1. The number of hydrogen-bond donors (Lipinski definition) is 1. The summed E-state index contributed by atoms with van der Waals surface area (Å²) in [7, 11) is 0. The minimum absolute atomic E-state index is 0.0234. The lowest BCUT2D eigenvalue weighted by Crippen LogP contribution is -2.43. The SMILES string of the molecule is CC(C)(C)OC(=O)N1CC(C(C)(C)C)CC1C(=O)O. The molecule has 0 spiro atoms. The van der Waals surface area contributed by atoms with Crippen molar-refractivity contribution in [3.8, 4) is 0 Å². The van der Waals surface area contributed by atoms with Crippen molar-refractivity contribution in [1.29, 1.82) is 0 Å². The fourth-order valence-corrected chi connectivity index (χ4v) is 2.22. The second-order valence-corrected chi connectivity index (χ2v) is 7.29. The highest BCUT2D eigenvalue weighted by Crippen LogP contribution is 2.37. The second kappa shape index (κ2) is 5.02. The molecule has 2 atom stereocenters. The molecule has 1 amide bonds. The first-order valence-corrected chi connectivity index (χ1v) is 6.64. The summed E-state index contributed by atoms with van der Waals surface area (Å²) < 4.78 is 5.29.